The fraction of sp³-hybridized carbons (Fsp3) is 0.474. The molecule has 1 aromatic carbocycles. The van der Waals surface area contributed by atoms with Gasteiger partial charge in [0, 0.05) is 24.1 Å². The molecule has 2 amide bonds. The molecule has 0 saturated carbocycles. The van der Waals surface area contributed by atoms with Crippen LogP contribution in [-0.2, 0) is 9.59 Å². The topological polar surface area (TPSA) is 75.2 Å². The van der Waals surface area contributed by atoms with E-state index in [0.29, 0.717) is 28.3 Å². The maximum absolute atomic E-state index is 12.7. The quantitative estimate of drug-likeness (QED) is 0.833. The molecule has 27 heavy (non-hydrogen) atoms. The van der Waals surface area contributed by atoms with Crippen LogP contribution >= 0.6 is 22.9 Å². The first-order valence-corrected chi connectivity index (χ1v) is 10.1. The predicted molar refractivity (Wildman–Crippen MR) is 108 cm³/mol. The van der Waals surface area contributed by atoms with Gasteiger partial charge in [-0.3, -0.25) is 9.59 Å². The van der Waals surface area contributed by atoms with Gasteiger partial charge in [-0.15, -0.1) is 10.2 Å². The van der Waals surface area contributed by atoms with E-state index in [1.165, 1.54) is 11.3 Å². The van der Waals surface area contributed by atoms with E-state index in [0.717, 1.165) is 18.4 Å². The number of anilines is 1. The minimum absolute atomic E-state index is 0.0805. The second-order valence-electron chi connectivity index (χ2n) is 7.72. The number of carbonyl (C=O) groups is 2. The third-order valence-electron chi connectivity index (χ3n) is 4.48. The van der Waals surface area contributed by atoms with E-state index >= 15 is 0 Å². The van der Waals surface area contributed by atoms with E-state index in [1.54, 1.807) is 11.0 Å². The molecule has 144 valence electrons. The van der Waals surface area contributed by atoms with Crippen molar-refractivity contribution < 1.29 is 9.59 Å². The van der Waals surface area contributed by atoms with Gasteiger partial charge in [-0.1, -0.05) is 61.9 Å². The van der Waals surface area contributed by atoms with Crippen LogP contribution in [-0.4, -0.2) is 40.0 Å². The molecule has 1 N–H and O–H groups in total. The lowest BCUT2D eigenvalue weighted by Crippen LogP contribution is -2.47. The van der Waals surface area contributed by atoms with Crippen molar-refractivity contribution in [2.75, 3.05) is 18.4 Å². The Balaban J connectivity index is 1.66. The molecule has 6 nitrogen and oxygen atoms in total. The van der Waals surface area contributed by atoms with E-state index in [-0.39, 0.29) is 17.7 Å². The molecule has 1 aliphatic rings. The van der Waals surface area contributed by atoms with E-state index in [2.05, 4.69) is 15.5 Å². The Morgan fingerprint density at radius 2 is 2.00 bits per heavy atom. The molecule has 1 aliphatic heterocycles. The van der Waals surface area contributed by atoms with Crippen molar-refractivity contribution in [2.45, 2.75) is 33.6 Å². The van der Waals surface area contributed by atoms with Crippen molar-refractivity contribution in [3.8, 4) is 10.6 Å². The Kier molecular flexibility index (Phi) is 5.81. The number of amides is 2. The van der Waals surface area contributed by atoms with E-state index in [4.69, 9.17) is 11.6 Å². The van der Waals surface area contributed by atoms with Crippen LogP contribution in [0, 0.1) is 11.3 Å². The number of halogens is 1. The Hall–Kier alpha value is -1.99. The smallest absolute Gasteiger partial charge is 0.231 e. The highest BCUT2D eigenvalue weighted by molar-refractivity contribution is 7.18. The standard InChI is InChI=1S/C19H23ClN4O2S/c1-19(2,3)17(26)24-10-6-7-12(11-24)15(25)21-18-23-22-16(27-18)13-8-4-5-9-14(13)20/h4-5,8-9,12H,6-7,10-11H2,1-3H3,(H,21,23,25). The van der Waals surface area contributed by atoms with Crippen LogP contribution in [0.15, 0.2) is 24.3 Å². The third kappa shape index (κ3) is 4.65. The summed E-state index contributed by atoms with van der Waals surface area (Å²) in [5, 5.41) is 12.7. The van der Waals surface area contributed by atoms with Gasteiger partial charge in [-0.25, -0.2) is 0 Å². The summed E-state index contributed by atoms with van der Waals surface area (Å²) in [6.07, 6.45) is 1.58. The van der Waals surface area contributed by atoms with Gasteiger partial charge in [0.1, 0.15) is 0 Å². The maximum atomic E-state index is 12.7. The average Bonchev–Trinajstić information content (AvgIpc) is 3.09. The zero-order valence-electron chi connectivity index (χ0n) is 15.7. The van der Waals surface area contributed by atoms with Gasteiger partial charge in [-0.2, -0.15) is 0 Å². The minimum Gasteiger partial charge on any atom is -0.341 e. The molecule has 1 atom stereocenters. The molecular formula is C19H23ClN4O2S. The molecule has 0 spiro atoms. The Morgan fingerprint density at radius 3 is 2.70 bits per heavy atom. The summed E-state index contributed by atoms with van der Waals surface area (Å²) in [5.41, 5.74) is 0.346. The first kappa shape index (κ1) is 19.8. The second-order valence-corrected chi connectivity index (χ2v) is 9.11. The zero-order chi connectivity index (χ0) is 19.6. The largest absolute Gasteiger partial charge is 0.341 e. The molecule has 3 rings (SSSR count). The van der Waals surface area contributed by atoms with Crippen molar-refractivity contribution in [3.05, 3.63) is 29.3 Å². The van der Waals surface area contributed by atoms with Gasteiger partial charge in [0.05, 0.1) is 10.9 Å². The fourth-order valence-corrected chi connectivity index (χ4v) is 4.14. The molecule has 2 heterocycles. The van der Waals surface area contributed by atoms with Gasteiger partial charge >= 0.3 is 0 Å². The van der Waals surface area contributed by atoms with Crippen LogP contribution in [0.1, 0.15) is 33.6 Å². The third-order valence-corrected chi connectivity index (χ3v) is 5.68. The fourth-order valence-electron chi connectivity index (χ4n) is 3.07. The molecule has 1 aromatic heterocycles. The number of hydrogen-bond donors (Lipinski definition) is 1. The molecule has 0 bridgehead atoms. The van der Waals surface area contributed by atoms with Gasteiger partial charge < -0.3 is 10.2 Å². The van der Waals surface area contributed by atoms with Crippen LogP contribution < -0.4 is 5.32 Å². The highest BCUT2D eigenvalue weighted by Crippen LogP contribution is 2.32. The lowest BCUT2D eigenvalue weighted by atomic mass is 9.91. The van der Waals surface area contributed by atoms with E-state index in [9.17, 15) is 9.59 Å². The molecule has 2 aromatic rings. The number of rotatable bonds is 3. The van der Waals surface area contributed by atoms with Crippen molar-refractivity contribution in [2.24, 2.45) is 11.3 Å². The van der Waals surface area contributed by atoms with Crippen molar-refractivity contribution in [3.63, 3.8) is 0 Å². The first-order chi connectivity index (χ1) is 12.8. The van der Waals surface area contributed by atoms with Gasteiger partial charge in [-0.05, 0) is 18.9 Å². The highest BCUT2D eigenvalue weighted by atomic mass is 35.5. The summed E-state index contributed by atoms with van der Waals surface area (Å²) < 4.78 is 0. The monoisotopic (exact) mass is 406 g/mol. The number of hydrogen-bond acceptors (Lipinski definition) is 5. The second kappa shape index (κ2) is 7.94. The molecule has 0 radical (unpaired) electrons. The lowest BCUT2D eigenvalue weighted by molar-refractivity contribution is -0.142. The summed E-state index contributed by atoms with van der Waals surface area (Å²) in [4.78, 5) is 27.0. The van der Waals surface area contributed by atoms with Gasteiger partial charge in [0.25, 0.3) is 0 Å². The summed E-state index contributed by atoms with van der Waals surface area (Å²) in [6.45, 7) is 6.84. The Morgan fingerprint density at radius 1 is 1.26 bits per heavy atom. The maximum Gasteiger partial charge on any atom is 0.231 e. The number of aromatic nitrogens is 2. The van der Waals surface area contributed by atoms with Crippen molar-refractivity contribution >= 4 is 39.9 Å². The zero-order valence-corrected chi connectivity index (χ0v) is 17.2. The van der Waals surface area contributed by atoms with E-state index in [1.807, 2.05) is 39.0 Å². The van der Waals surface area contributed by atoms with Crippen molar-refractivity contribution in [1.82, 2.24) is 15.1 Å². The van der Waals surface area contributed by atoms with Crippen LogP contribution in [0.4, 0.5) is 5.13 Å². The number of nitrogens with one attached hydrogen (secondary N) is 1. The van der Waals surface area contributed by atoms with Crippen molar-refractivity contribution in [1.29, 1.82) is 0 Å². The number of carbonyl (C=O) groups excluding carboxylic acids is 2. The van der Waals surface area contributed by atoms with Crippen LogP contribution in [0.3, 0.4) is 0 Å². The first-order valence-electron chi connectivity index (χ1n) is 8.94. The predicted octanol–water partition coefficient (Wildman–Crippen LogP) is 4.08. The Labute approximate surface area is 167 Å². The highest BCUT2D eigenvalue weighted by Gasteiger charge is 2.33. The summed E-state index contributed by atoms with van der Waals surface area (Å²) in [6, 6.07) is 7.39. The summed E-state index contributed by atoms with van der Waals surface area (Å²) in [7, 11) is 0. The molecular weight excluding hydrogens is 384 g/mol. The van der Waals surface area contributed by atoms with Gasteiger partial charge in [0.2, 0.25) is 16.9 Å². The minimum atomic E-state index is -0.443. The van der Waals surface area contributed by atoms with Crippen LogP contribution in [0.5, 0.6) is 0 Å². The molecule has 1 fully saturated rings. The number of nitrogens with zero attached hydrogens (tertiary/aromatic N) is 3. The molecule has 8 heteroatoms. The number of likely N-dealkylation sites (tertiary alicyclic amines) is 1. The molecule has 0 aliphatic carbocycles. The lowest BCUT2D eigenvalue weighted by Gasteiger charge is -2.35. The number of benzene rings is 1. The average molecular weight is 407 g/mol. The number of piperidine rings is 1. The normalized spacial score (nSPS) is 17.6. The molecule has 1 unspecified atom stereocenters. The van der Waals surface area contributed by atoms with Crippen LogP contribution in [0.25, 0.3) is 10.6 Å². The van der Waals surface area contributed by atoms with E-state index < -0.39 is 5.41 Å². The molecule has 1 saturated heterocycles. The Bertz CT molecular complexity index is 846. The summed E-state index contributed by atoms with van der Waals surface area (Å²) >= 11 is 7.48. The SMILES string of the molecule is CC(C)(C)C(=O)N1CCCC(C(=O)Nc2nnc(-c3ccccc3Cl)s2)C1. The summed E-state index contributed by atoms with van der Waals surface area (Å²) in [5.74, 6) is -0.280. The van der Waals surface area contributed by atoms with Gasteiger partial charge in [0.15, 0.2) is 5.01 Å². The van der Waals surface area contributed by atoms with Crippen LogP contribution in [0.2, 0.25) is 5.02 Å².